The van der Waals surface area contributed by atoms with Crippen LogP contribution in [0.3, 0.4) is 0 Å². The highest BCUT2D eigenvalue weighted by Gasteiger charge is 2.33. The number of carbonyl (C=O) groups excluding carboxylic acids is 3. The first-order valence-electron chi connectivity index (χ1n) is 9.31. The zero-order valence-electron chi connectivity index (χ0n) is 16.0. The van der Waals surface area contributed by atoms with Crippen molar-refractivity contribution in [3.05, 3.63) is 53.9 Å². The highest BCUT2D eigenvalue weighted by atomic mass is 16.5. The van der Waals surface area contributed by atoms with Gasteiger partial charge in [-0.1, -0.05) is 13.0 Å². The van der Waals surface area contributed by atoms with Crippen molar-refractivity contribution in [2.24, 2.45) is 0 Å². The number of fused-ring (bicyclic) bond motifs is 1. The molecule has 0 radical (unpaired) electrons. The summed E-state index contributed by atoms with van der Waals surface area (Å²) in [7, 11) is 0. The number of pyridine rings is 1. The molecule has 3 rings (SSSR count). The van der Waals surface area contributed by atoms with Crippen LogP contribution in [0.25, 0.3) is 0 Å². The van der Waals surface area contributed by atoms with E-state index in [4.69, 9.17) is 4.74 Å². The van der Waals surface area contributed by atoms with Crippen LogP contribution in [0.1, 0.15) is 42.7 Å². The Morgan fingerprint density at radius 3 is 2.79 bits per heavy atom. The quantitative estimate of drug-likeness (QED) is 0.745. The number of ether oxygens (including phenoxy) is 1. The molecule has 2 amide bonds. The monoisotopic (exact) mass is 381 g/mol. The van der Waals surface area contributed by atoms with Crippen LogP contribution in [-0.4, -0.2) is 35.2 Å². The number of ketones is 1. The number of nitrogens with one attached hydrogen (secondary N) is 1. The van der Waals surface area contributed by atoms with E-state index < -0.39 is 6.10 Å². The third-order valence-electron chi connectivity index (χ3n) is 4.46. The molecule has 0 saturated heterocycles. The van der Waals surface area contributed by atoms with Gasteiger partial charge in [-0.05, 0) is 43.7 Å². The summed E-state index contributed by atoms with van der Waals surface area (Å²) in [6, 6.07) is 10.4. The molecule has 1 unspecified atom stereocenters. The Bertz CT molecular complexity index is 882. The maximum atomic E-state index is 12.6. The molecule has 146 valence electrons. The molecule has 1 atom stereocenters. The van der Waals surface area contributed by atoms with E-state index in [1.54, 1.807) is 37.4 Å². The van der Waals surface area contributed by atoms with Crippen LogP contribution >= 0.6 is 0 Å². The fourth-order valence-corrected chi connectivity index (χ4v) is 3.01. The summed E-state index contributed by atoms with van der Waals surface area (Å²) in [5, 5.41) is 2.77. The molecule has 1 N–H and O–H groups in total. The molecule has 0 bridgehead atoms. The van der Waals surface area contributed by atoms with E-state index in [2.05, 4.69) is 10.3 Å². The van der Waals surface area contributed by atoms with Gasteiger partial charge in [0, 0.05) is 18.2 Å². The Morgan fingerprint density at radius 1 is 1.25 bits per heavy atom. The summed E-state index contributed by atoms with van der Waals surface area (Å²) in [5.41, 5.74) is 1.67. The minimum Gasteiger partial charge on any atom is -0.479 e. The largest absolute Gasteiger partial charge is 0.479 e. The molecule has 1 aliphatic rings. The van der Waals surface area contributed by atoms with Gasteiger partial charge in [0.25, 0.3) is 5.91 Å². The molecule has 1 aromatic carbocycles. The van der Waals surface area contributed by atoms with Crippen LogP contribution < -0.4 is 15.0 Å². The lowest BCUT2D eigenvalue weighted by molar-refractivity contribution is -0.128. The first-order valence-corrected chi connectivity index (χ1v) is 9.31. The fourth-order valence-electron chi connectivity index (χ4n) is 3.01. The molecule has 0 fully saturated rings. The van der Waals surface area contributed by atoms with Crippen molar-refractivity contribution in [2.45, 2.75) is 39.3 Å². The zero-order valence-corrected chi connectivity index (χ0v) is 16.0. The summed E-state index contributed by atoms with van der Waals surface area (Å²) in [6.07, 6.45) is 2.12. The van der Waals surface area contributed by atoms with E-state index in [-0.39, 0.29) is 30.7 Å². The lowest BCUT2D eigenvalue weighted by Gasteiger charge is -2.32. The second kappa shape index (κ2) is 8.65. The maximum Gasteiger partial charge on any atom is 0.268 e. The molecule has 2 aromatic rings. The second-order valence-electron chi connectivity index (χ2n) is 6.64. The van der Waals surface area contributed by atoms with E-state index in [9.17, 15) is 14.4 Å². The number of benzene rings is 1. The van der Waals surface area contributed by atoms with Gasteiger partial charge in [0.05, 0.1) is 17.9 Å². The first-order chi connectivity index (χ1) is 13.5. The topological polar surface area (TPSA) is 88.6 Å². The number of rotatable bonds is 7. The molecule has 28 heavy (non-hydrogen) atoms. The van der Waals surface area contributed by atoms with E-state index in [0.29, 0.717) is 23.4 Å². The van der Waals surface area contributed by atoms with Crippen molar-refractivity contribution in [3.63, 3.8) is 0 Å². The first kappa shape index (κ1) is 19.5. The molecule has 1 aromatic heterocycles. The van der Waals surface area contributed by atoms with Crippen molar-refractivity contribution in [1.29, 1.82) is 0 Å². The molecular weight excluding hydrogens is 358 g/mol. The van der Waals surface area contributed by atoms with Gasteiger partial charge >= 0.3 is 0 Å². The van der Waals surface area contributed by atoms with Crippen molar-refractivity contribution in [3.8, 4) is 5.75 Å². The van der Waals surface area contributed by atoms with Gasteiger partial charge < -0.3 is 10.1 Å². The number of amides is 2. The van der Waals surface area contributed by atoms with Gasteiger partial charge in [-0.2, -0.15) is 0 Å². The summed E-state index contributed by atoms with van der Waals surface area (Å²) in [4.78, 5) is 42.8. The lowest BCUT2D eigenvalue weighted by Crippen LogP contribution is -2.48. The van der Waals surface area contributed by atoms with Crippen LogP contribution in [0.2, 0.25) is 0 Å². The Kier molecular flexibility index (Phi) is 6.03. The summed E-state index contributed by atoms with van der Waals surface area (Å²) >= 11 is 0. The second-order valence-corrected chi connectivity index (χ2v) is 6.64. The third-order valence-corrected chi connectivity index (χ3v) is 4.46. The van der Waals surface area contributed by atoms with Crippen LogP contribution in [0.15, 0.2) is 42.6 Å². The van der Waals surface area contributed by atoms with E-state index in [1.807, 2.05) is 19.1 Å². The minimum absolute atomic E-state index is 0.00377. The molecule has 0 saturated carbocycles. The highest BCUT2D eigenvalue weighted by molar-refractivity contribution is 6.05. The molecule has 0 aliphatic carbocycles. The molecule has 7 heteroatoms. The summed E-state index contributed by atoms with van der Waals surface area (Å²) in [6.45, 7) is 3.69. The van der Waals surface area contributed by atoms with Gasteiger partial charge in [0.1, 0.15) is 12.3 Å². The highest BCUT2D eigenvalue weighted by Crippen LogP contribution is 2.35. The number of Topliss-reactive ketones (excluding diaryl/α,β-unsaturated/α-hetero) is 1. The van der Waals surface area contributed by atoms with Gasteiger partial charge in [0.2, 0.25) is 5.91 Å². The smallest absolute Gasteiger partial charge is 0.268 e. The fraction of sp³-hybridized carbons (Fsp3) is 0.333. The van der Waals surface area contributed by atoms with Crippen LogP contribution in [0, 0.1) is 0 Å². The van der Waals surface area contributed by atoms with E-state index >= 15 is 0 Å². The maximum absolute atomic E-state index is 12.6. The predicted molar refractivity (Wildman–Crippen MR) is 104 cm³/mol. The number of carbonyl (C=O) groups is 3. The van der Waals surface area contributed by atoms with Crippen molar-refractivity contribution in [1.82, 2.24) is 10.3 Å². The van der Waals surface area contributed by atoms with Crippen molar-refractivity contribution < 1.29 is 19.1 Å². The number of anilines is 1. The number of hydrogen-bond acceptors (Lipinski definition) is 5. The van der Waals surface area contributed by atoms with Crippen molar-refractivity contribution in [2.75, 3.05) is 11.4 Å². The average Bonchev–Trinajstić information content (AvgIpc) is 2.70. The summed E-state index contributed by atoms with van der Waals surface area (Å²) < 4.78 is 5.64. The van der Waals surface area contributed by atoms with Crippen LogP contribution in [-0.2, 0) is 16.1 Å². The van der Waals surface area contributed by atoms with Gasteiger partial charge in [-0.15, -0.1) is 0 Å². The minimum atomic E-state index is -0.701. The van der Waals surface area contributed by atoms with Crippen LogP contribution in [0.4, 0.5) is 5.69 Å². The normalized spacial score (nSPS) is 15.6. The standard InChI is InChI=1S/C21H23N3O4/c1-3-6-18(25)15-8-9-19-17(11-15)24(21(27)14(2)28-19)13-20(26)23-12-16-7-4-5-10-22-16/h4-5,7-11,14H,3,6,12-13H2,1-2H3,(H,23,26). The van der Waals surface area contributed by atoms with E-state index in [1.165, 1.54) is 4.90 Å². The number of nitrogens with zero attached hydrogens (tertiary/aromatic N) is 2. The van der Waals surface area contributed by atoms with E-state index in [0.717, 1.165) is 12.1 Å². The Labute approximate surface area is 163 Å². The molecule has 2 heterocycles. The van der Waals surface area contributed by atoms with Gasteiger partial charge in [-0.25, -0.2) is 0 Å². The molecule has 0 spiro atoms. The van der Waals surface area contributed by atoms with Gasteiger partial charge in [0.15, 0.2) is 11.9 Å². The predicted octanol–water partition coefficient (Wildman–Crippen LogP) is 2.49. The average molecular weight is 381 g/mol. The molecular formula is C21H23N3O4. The Balaban J connectivity index is 1.78. The molecule has 1 aliphatic heterocycles. The van der Waals surface area contributed by atoms with Gasteiger partial charge in [-0.3, -0.25) is 24.3 Å². The number of hydrogen-bond donors (Lipinski definition) is 1. The summed E-state index contributed by atoms with van der Waals surface area (Å²) in [5.74, 6) is -0.154. The SMILES string of the molecule is CCCC(=O)c1ccc2c(c1)N(CC(=O)NCc1ccccn1)C(=O)C(C)O2. The zero-order chi connectivity index (χ0) is 20.1. The Morgan fingerprint density at radius 2 is 2.07 bits per heavy atom. The Hall–Kier alpha value is -3.22. The third kappa shape index (κ3) is 4.36. The lowest BCUT2D eigenvalue weighted by atomic mass is 10.0. The van der Waals surface area contributed by atoms with Crippen LogP contribution in [0.5, 0.6) is 5.75 Å². The molecule has 7 nitrogen and oxygen atoms in total. The number of aromatic nitrogens is 1. The van der Waals surface area contributed by atoms with Crippen molar-refractivity contribution >= 4 is 23.3 Å².